The summed E-state index contributed by atoms with van der Waals surface area (Å²) in [7, 11) is 2.92. The van der Waals surface area contributed by atoms with Crippen LogP contribution in [0.25, 0.3) is 0 Å². The molecule has 0 atom stereocenters. The molecule has 0 unspecified atom stereocenters. The van der Waals surface area contributed by atoms with Gasteiger partial charge in [0.2, 0.25) is 5.88 Å². The Bertz CT molecular complexity index is 724. The Labute approximate surface area is 120 Å². The van der Waals surface area contributed by atoms with Gasteiger partial charge in [-0.05, 0) is 18.2 Å². The van der Waals surface area contributed by atoms with E-state index < -0.39 is 5.97 Å². The number of aromatic nitrogens is 2. The molecule has 0 amide bonds. The molecule has 0 fully saturated rings. The highest BCUT2D eigenvalue weighted by Gasteiger charge is 2.11. The predicted octanol–water partition coefficient (Wildman–Crippen LogP) is 1.01. The minimum absolute atomic E-state index is 0.0837. The number of ether oxygens (including phenoxy) is 2. The summed E-state index contributed by atoms with van der Waals surface area (Å²) in [4.78, 5) is 22.8. The van der Waals surface area contributed by atoms with Crippen LogP contribution >= 0.6 is 0 Å². The van der Waals surface area contributed by atoms with E-state index in [1.807, 2.05) is 0 Å². The van der Waals surface area contributed by atoms with E-state index in [4.69, 9.17) is 14.6 Å². The summed E-state index contributed by atoms with van der Waals surface area (Å²) in [6.07, 6.45) is 0. The van der Waals surface area contributed by atoms with E-state index in [9.17, 15) is 9.59 Å². The fourth-order valence-corrected chi connectivity index (χ4v) is 1.85. The molecule has 2 aromatic rings. The second-order valence-corrected chi connectivity index (χ2v) is 4.20. The van der Waals surface area contributed by atoms with Gasteiger partial charge in [-0.2, -0.15) is 0 Å². The minimum Gasteiger partial charge on any atom is -0.496 e. The number of aromatic carboxylic acids is 1. The standard InChI is InChI=1S/C14H14N2O5/c1-20-11-4-3-9(14(18)19)7-10(11)8-16-13(17)6-5-12(15-16)21-2/h3-7H,8H2,1-2H3,(H,18,19). The number of carbonyl (C=O) groups is 1. The number of rotatable bonds is 5. The molecule has 7 heteroatoms. The number of carboxylic acids is 1. The van der Waals surface area contributed by atoms with Crippen molar-refractivity contribution in [2.45, 2.75) is 6.54 Å². The maximum Gasteiger partial charge on any atom is 0.335 e. The van der Waals surface area contributed by atoms with Gasteiger partial charge in [-0.25, -0.2) is 9.48 Å². The Hall–Kier alpha value is -2.83. The van der Waals surface area contributed by atoms with Gasteiger partial charge in [0.1, 0.15) is 5.75 Å². The van der Waals surface area contributed by atoms with Gasteiger partial charge in [0.15, 0.2) is 0 Å². The van der Waals surface area contributed by atoms with Gasteiger partial charge < -0.3 is 14.6 Å². The molecule has 7 nitrogen and oxygen atoms in total. The fraction of sp³-hybridized carbons (Fsp3) is 0.214. The van der Waals surface area contributed by atoms with Gasteiger partial charge in [-0.15, -0.1) is 5.10 Å². The Kier molecular flexibility index (Phi) is 4.22. The van der Waals surface area contributed by atoms with Gasteiger partial charge in [0, 0.05) is 17.7 Å². The molecule has 0 saturated carbocycles. The molecular weight excluding hydrogens is 276 g/mol. The smallest absolute Gasteiger partial charge is 0.335 e. The van der Waals surface area contributed by atoms with E-state index in [0.717, 1.165) is 0 Å². The highest BCUT2D eigenvalue weighted by Crippen LogP contribution is 2.20. The predicted molar refractivity (Wildman–Crippen MR) is 74.1 cm³/mol. The van der Waals surface area contributed by atoms with Crippen LogP contribution < -0.4 is 15.0 Å². The zero-order valence-corrected chi connectivity index (χ0v) is 11.6. The topological polar surface area (TPSA) is 90.7 Å². The molecule has 0 saturated heterocycles. The van der Waals surface area contributed by atoms with Gasteiger partial charge in [-0.3, -0.25) is 4.79 Å². The first-order valence-electron chi connectivity index (χ1n) is 6.07. The third-order valence-corrected chi connectivity index (χ3v) is 2.90. The number of hydrogen-bond donors (Lipinski definition) is 1. The van der Waals surface area contributed by atoms with Gasteiger partial charge >= 0.3 is 5.97 Å². The molecule has 0 aliphatic carbocycles. The number of hydrogen-bond acceptors (Lipinski definition) is 5. The molecule has 2 rings (SSSR count). The first-order valence-corrected chi connectivity index (χ1v) is 6.07. The molecule has 0 radical (unpaired) electrons. The maximum atomic E-state index is 11.8. The van der Waals surface area contributed by atoms with Crippen molar-refractivity contribution in [3.05, 3.63) is 51.8 Å². The Morgan fingerprint density at radius 1 is 1.24 bits per heavy atom. The highest BCUT2D eigenvalue weighted by atomic mass is 16.5. The van der Waals surface area contributed by atoms with Crippen LogP contribution in [-0.4, -0.2) is 35.1 Å². The number of carboxylic acid groups (broad SMARTS) is 1. The zero-order chi connectivity index (χ0) is 15.4. The summed E-state index contributed by atoms with van der Waals surface area (Å²) in [5.74, 6) is -0.274. The second-order valence-electron chi connectivity index (χ2n) is 4.20. The second kappa shape index (κ2) is 6.08. The average Bonchev–Trinajstić information content (AvgIpc) is 2.49. The van der Waals surface area contributed by atoms with E-state index >= 15 is 0 Å². The van der Waals surface area contributed by atoms with Crippen LogP contribution in [0.1, 0.15) is 15.9 Å². The summed E-state index contributed by atoms with van der Waals surface area (Å²) < 4.78 is 11.3. The lowest BCUT2D eigenvalue weighted by atomic mass is 10.1. The third-order valence-electron chi connectivity index (χ3n) is 2.90. The highest BCUT2D eigenvalue weighted by molar-refractivity contribution is 5.88. The van der Waals surface area contributed by atoms with E-state index in [1.165, 1.54) is 43.2 Å². The lowest BCUT2D eigenvalue weighted by Crippen LogP contribution is -2.23. The van der Waals surface area contributed by atoms with Crippen LogP contribution in [0.4, 0.5) is 0 Å². The normalized spacial score (nSPS) is 10.2. The minimum atomic E-state index is -1.05. The lowest BCUT2D eigenvalue weighted by molar-refractivity contribution is 0.0696. The molecule has 110 valence electrons. The van der Waals surface area contributed by atoms with Crippen LogP contribution in [0.5, 0.6) is 11.6 Å². The van der Waals surface area contributed by atoms with Crippen molar-refractivity contribution >= 4 is 5.97 Å². The molecule has 1 aromatic heterocycles. The first kappa shape index (κ1) is 14.6. The number of methoxy groups -OCH3 is 2. The van der Waals surface area contributed by atoms with Crippen molar-refractivity contribution in [3.63, 3.8) is 0 Å². The SMILES string of the molecule is COc1ccc(=O)n(Cc2cc(C(=O)O)ccc2OC)n1. The lowest BCUT2D eigenvalue weighted by Gasteiger charge is -2.11. The molecule has 1 aromatic carbocycles. The molecule has 1 N–H and O–H groups in total. The molecule has 0 spiro atoms. The Morgan fingerprint density at radius 2 is 2.00 bits per heavy atom. The number of nitrogens with zero attached hydrogens (tertiary/aromatic N) is 2. The zero-order valence-electron chi connectivity index (χ0n) is 11.6. The summed E-state index contributed by atoms with van der Waals surface area (Å²) in [5, 5.41) is 13.0. The average molecular weight is 290 g/mol. The van der Waals surface area contributed by atoms with Crippen molar-refractivity contribution in [2.75, 3.05) is 14.2 Å². The molecule has 21 heavy (non-hydrogen) atoms. The van der Waals surface area contributed by atoms with E-state index in [0.29, 0.717) is 17.2 Å². The van der Waals surface area contributed by atoms with Crippen LogP contribution in [0, 0.1) is 0 Å². The van der Waals surface area contributed by atoms with Gasteiger partial charge in [0.25, 0.3) is 5.56 Å². The van der Waals surface area contributed by atoms with Crippen LogP contribution in [0.15, 0.2) is 35.1 Å². The number of benzene rings is 1. The third kappa shape index (κ3) is 3.19. The fourth-order valence-electron chi connectivity index (χ4n) is 1.85. The summed E-state index contributed by atoms with van der Waals surface area (Å²) in [6, 6.07) is 7.23. The van der Waals surface area contributed by atoms with Crippen molar-refractivity contribution in [2.24, 2.45) is 0 Å². The quantitative estimate of drug-likeness (QED) is 0.883. The van der Waals surface area contributed by atoms with E-state index in [2.05, 4.69) is 5.10 Å². The van der Waals surface area contributed by atoms with Crippen molar-refractivity contribution < 1.29 is 19.4 Å². The van der Waals surface area contributed by atoms with Gasteiger partial charge in [-0.1, -0.05) is 0 Å². The van der Waals surface area contributed by atoms with E-state index in [-0.39, 0.29) is 17.7 Å². The van der Waals surface area contributed by atoms with E-state index in [1.54, 1.807) is 6.07 Å². The van der Waals surface area contributed by atoms with Crippen LogP contribution in [-0.2, 0) is 6.54 Å². The monoisotopic (exact) mass is 290 g/mol. The molecule has 0 aliphatic heterocycles. The van der Waals surface area contributed by atoms with Crippen LogP contribution in [0.2, 0.25) is 0 Å². The molecule has 0 aliphatic rings. The molecule has 0 bridgehead atoms. The summed E-state index contributed by atoms with van der Waals surface area (Å²) >= 11 is 0. The van der Waals surface area contributed by atoms with Crippen molar-refractivity contribution in [1.29, 1.82) is 0 Å². The van der Waals surface area contributed by atoms with Gasteiger partial charge in [0.05, 0.1) is 26.3 Å². The Balaban J connectivity index is 2.44. The summed E-state index contributed by atoms with van der Waals surface area (Å²) in [6.45, 7) is 0.0837. The maximum absolute atomic E-state index is 11.8. The largest absolute Gasteiger partial charge is 0.496 e. The van der Waals surface area contributed by atoms with Crippen molar-refractivity contribution in [3.8, 4) is 11.6 Å². The van der Waals surface area contributed by atoms with Crippen molar-refractivity contribution in [1.82, 2.24) is 9.78 Å². The van der Waals surface area contributed by atoms with Crippen LogP contribution in [0.3, 0.4) is 0 Å². The molecule has 1 heterocycles. The Morgan fingerprint density at radius 3 is 2.62 bits per heavy atom. The molecular formula is C14H14N2O5. The summed E-state index contributed by atoms with van der Waals surface area (Å²) in [5.41, 5.74) is 0.334. The first-order chi connectivity index (χ1) is 10.0.